The Bertz CT molecular complexity index is 525. The van der Waals surface area contributed by atoms with Crippen LogP contribution in [0, 0.1) is 23.2 Å². The van der Waals surface area contributed by atoms with Crippen LogP contribution < -0.4 is 4.74 Å². The van der Waals surface area contributed by atoms with Crippen molar-refractivity contribution in [2.75, 3.05) is 26.8 Å². The molecule has 5 rings (SSSR count). The van der Waals surface area contributed by atoms with E-state index in [9.17, 15) is 5.11 Å². The maximum Gasteiger partial charge on any atom is 0.316 e. The number of hydrogen-bond acceptors (Lipinski definition) is 5. The second-order valence-corrected chi connectivity index (χ2v) is 8.43. The summed E-state index contributed by atoms with van der Waals surface area (Å²) in [6.45, 7) is 2.87. The Labute approximate surface area is 144 Å². The minimum atomic E-state index is 0.212. The van der Waals surface area contributed by atoms with Crippen molar-refractivity contribution in [1.29, 1.82) is 0 Å². The summed E-state index contributed by atoms with van der Waals surface area (Å²) in [5.74, 6) is 2.91. The Morgan fingerprint density at radius 3 is 2.21 bits per heavy atom. The van der Waals surface area contributed by atoms with Crippen molar-refractivity contribution in [3.05, 3.63) is 18.0 Å². The highest BCUT2D eigenvalue weighted by Crippen LogP contribution is 2.60. The van der Waals surface area contributed by atoms with Gasteiger partial charge in [-0.05, 0) is 61.7 Å². The number of nitrogens with zero attached hydrogens (tertiary/aromatic N) is 3. The molecule has 0 saturated heterocycles. The van der Waals surface area contributed by atoms with E-state index in [0.29, 0.717) is 11.4 Å². The second-order valence-electron chi connectivity index (χ2n) is 8.43. The van der Waals surface area contributed by atoms with E-state index in [-0.39, 0.29) is 6.61 Å². The van der Waals surface area contributed by atoms with Gasteiger partial charge >= 0.3 is 6.01 Å². The summed E-state index contributed by atoms with van der Waals surface area (Å²) in [5.41, 5.74) is 1.59. The number of ether oxygens (including phenoxy) is 1. The summed E-state index contributed by atoms with van der Waals surface area (Å²) >= 11 is 0. The van der Waals surface area contributed by atoms with E-state index in [1.165, 1.54) is 38.5 Å². The van der Waals surface area contributed by atoms with E-state index in [4.69, 9.17) is 4.74 Å². The molecule has 0 spiro atoms. The fourth-order valence-corrected chi connectivity index (χ4v) is 6.10. The second kappa shape index (κ2) is 6.60. The van der Waals surface area contributed by atoms with Crippen LogP contribution in [0.15, 0.2) is 12.4 Å². The summed E-state index contributed by atoms with van der Waals surface area (Å²) < 4.78 is 5.04. The van der Waals surface area contributed by atoms with Gasteiger partial charge in [0.1, 0.15) is 0 Å². The molecule has 0 atom stereocenters. The standard InChI is InChI=1S/C19H29N3O2/c1-24-18-20-10-17(11-21-18)12-22(2-3-23)13-19-7-14-4-15(8-19)6-16(5-14)9-19/h10-11,14-16,23H,2-9,12-13H2,1H3. The first-order valence-corrected chi connectivity index (χ1v) is 9.36. The van der Waals surface area contributed by atoms with Gasteiger partial charge in [-0.2, -0.15) is 0 Å². The molecule has 5 heteroatoms. The lowest BCUT2D eigenvalue weighted by Crippen LogP contribution is -2.51. The highest BCUT2D eigenvalue weighted by molar-refractivity contribution is 5.08. The van der Waals surface area contributed by atoms with Crippen LogP contribution in [-0.2, 0) is 6.54 Å². The Hall–Kier alpha value is -1.20. The monoisotopic (exact) mass is 331 g/mol. The minimum Gasteiger partial charge on any atom is -0.467 e. The fraction of sp³-hybridized carbons (Fsp3) is 0.789. The van der Waals surface area contributed by atoms with Crippen molar-refractivity contribution in [1.82, 2.24) is 14.9 Å². The summed E-state index contributed by atoms with van der Waals surface area (Å²) in [5, 5.41) is 9.52. The van der Waals surface area contributed by atoms with E-state index in [1.54, 1.807) is 7.11 Å². The Balaban J connectivity index is 1.45. The van der Waals surface area contributed by atoms with Crippen molar-refractivity contribution in [3.63, 3.8) is 0 Å². The maximum atomic E-state index is 9.52. The van der Waals surface area contributed by atoms with Crippen LogP contribution >= 0.6 is 0 Å². The predicted octanol–water partition coefficient (Wildman–Crippen LogP) is 2.50. The van der Waals surface area contributed by atoms with Crippen LogP contribution in [-0.4, -0.2) is 46.8 Å². The van der Waals surface area contributed by atoms with Gasteiger partial charge in [0.25, 0.3) is 0 Å². The molecule has 0 unspecified atom stereocenters. The molecule has 4 aliphatic rings. The van der Waals surface area contributed by atoms with Gasteiger partial charge in [0, 0.05) is 37.6 Å². The van der Waals surface area contributed by atoms with E-state index in [2.05, 4.69) is 14.9 Å². The van der Waals surface area contributed by atoms with E-state index < -0.39 is 0 Å². The van der Waals surface area contributed by atoms with Crippen molar-refractivity contribution < 1.29 is 9.84 Å². The molecule has 1 aromatic rings. The van der Waals surface area contributed by atoms with Crippen molar-refractivity contribution in [2.45, 2.75) is 45.1 Å². The highest BCUT2D eigenvalue weighted by atomic mass is 16.5. The first-order chi connectivity index (χ1) is 11.7. The van der Waals surface area contributed by atoms with Crippen LogP contribution in [0.25, 0.3) is 0 Å². The molecule has 4 bridgehead atoms. The van der Waals surface area contributed by atoms with Crippen molar-refractivity contribution >= 4 is 0 Å². The van der Waals surface area contributed by atoms with Crippen LogP contribution in [0.2, 0.25) is 0 Å². The van der Waals surface area contributed by atoms with Gasteiger partial charge in [0.05, 0.1) is 13.7 Å². The maximum absolute atomic E-state index is 9.52. The molecule has 4 saturated carbocycles. The van der Waals surface area contributed by atoms with Gasteiger partial charge in [-0.1, -0.05) is 0 Å². The van der Waals surface area contributed by atoms with Gasteiger partial charge in [-0.3, -0.25) is 4.90 Å². The molecule has 0 aromatic carbocycles. The summed E-state index contributed by atoms with van der Waals surface area (Å²) in [4.78, 5) is 10.8. The molecule has 0 aliphatic heterocycles. The molecule has 1 aromatic heterocycles. The van der Waals surface area contributed by atoms with E-state index in [1.807, 2.05) is 12.4 Å². The highest BCUT2D eigenvalue weighted by Gasteiger charge is 2.51. The lowest BCUT2D eigenvalue weighted by molar-refractivity contribution is -0.0714. The zero-order valence-electron chi connectivity index (χ0n) is 14.7. The third kappa shape index (κ3) is 3.29. The largest absolute Gasteiger partial charge is 0.467 e. The molecule has 5 nitrogen and oxygen atoms in total. The van der Waals surface area contributed by atoms with Crippen LogP contribution in [0.1, 0.15) is 44.1 Å². The topological polar surface area (TPSA) is 58.5 Å². The molecule has 24 heavy (non-hydrogen) atoms. The summed E-state index contributed by atoms with van der Waals surface area (Å²) in [6.07, 6.45) is 12.3. The number of aliphatic hydroxyl groups is 1. The average molecular weight is 331 g/mol. The molecular weight excluding hydrogens is 302 g/mol. The summed E-state index contributed by atoms with van der Waals surface area (Å²) in [6, 6.07) is 0.411. The molecule has 4 aliphatic carbocycles. The normalized spacial score (nSPS) is 34.0. The first-order valence-electron chi connectivity index (χ1n) is 9.36. The quantitative estimate of drug-likeness (QED) is 0.832. The van der Waals surface area contributed by atoms with Gasteiger partial charge in [-0.25, -0.2) is 9.97 Å². The van der Waals surface area contributed by atoms with Crippen LogP contribution in [0.4, 0.5) is 0 Å². The van der Waals surface area contributed by atoms with Gasteiger partial charge < -0.3 is 9.84 Å². The van der Waals surface area contributed by atoms with Crippen LogP contribution in [0.3, 0.4) is 0 Å². The van der Waals surface area contributed by atoms with E-state index >= 15 is 0 Å². The SMILES string of the molecule is COc1ncc(CN(CCO)CC23CC4CC(CC(C4)C2)C3)cn1. The molecule has 0 radical (unpaired) electrons. The summed E-state index contributed by atoms with van der Waals surface area (Å²) in [7, 11) is 1.58. The molecule has 1 heterocycles. The van der Waals surface area contributed by atoms with Crippen molar-refractivity contribution in [3.8, 4) is 6.01 Å². The minimum absolute atomic E-state index is 0.212. The first kappa shape index (κ1) is 16.3. The Morgan fingerprint density at radius 1 is 1.12 bits per heavy atom. The Morgan fingerprint density at radius 2 is 1.71 bits per heavy atom. The zero-order chi connectivity index (χ0) is 16.6. The van der Waals surface area contributed by atoms with Crippen LogP contribution in [0.5, 0.6) is 6.01 Å². The zero-order valence-corrected chi connectivity index (χ0v) is 14.7. The van der Waals surface area contributed by atoms with Gasteiger partial charge in [-0.15, -0.1) is 0 Å². The third-order valence-electron chi connectivity index (χ3n) is 6.41. The molecule has 1 N–H and O–H groups in total. The van der Waals surface area contributed by atoms with Gasteiger partial charge in [0.15, 0.2) is 0 Å². The van der Waals surface area contributed by atoms with Gasteiger partial charge in [0.2, 0.25) is 0 Å². The number of methoxy groups -OCH3 is 1. The lowest BCUT2D eigenvalue weighted by Gasteiger charge is -2.58. The Kier molecular flexibility index (Phi) is 4.48. The third-order valence-corrected chi connectivity index (χ3v) is 6.41. The average Bonchev–Trinajstić information content (AvgIpc) is 2.54. The predicted molar refractivity (Wildman–Crippen MR) is 91.6 cm³/mol. The van der Waals surface area contributed by atoms with E-state index in [0.717, 1.165) is 43.0 Å². The smallest absolute Gasteiger partial charge is 0.316 e. The molecule has 132 valence electrons. The molecular formula is C19H29N3O2. The fourth-order valence-electron chi connectivity index (χ4n) is 6.10. The number of aromatic nitrogens is 2. The van der Waals surface area contributed by atoms with Crippen molar-refractivity contribution in [2.24, 2.45) is 23.2 Å². The number of hydrogen-bond donors (Lipinski definition) is 1. The lowest BCUT2D eigenvalue weighted by atomic mass is 9.49. The number of aliphatic hydroxyl groups excluding tert-OH is 1. The molecule has 0 amide bonds. The number of rotatable bonds is 7. The molecule has 4 fully saturated rings.